The number of aryl methyl sites for hydroxylation is 1. The fourth-order valence-corrected chi connectivity index (χ4v) is 2.16. The van der Waals surface area contributed by atoms with Crippen molar-refractivity contribution in [3.05, 3.63) is 71.9 Å². The van der Waals surface area contributed by atoms with Crippen molar-refractivity contribution < 1.29 is 0 Å². The third-order valence-corrected chi connectivity index (χ3v) is 3.27. The number of rotatable bonds is 3. The molecule has 3 rings (SSSR count). The highest BCUT2D eigenvalue weighted by Crippen LogP contribution is 2.19. The van der Waals surface area contributed by atoms with Crippen LogP contribution >= 0.6 is 0 Å². The predicted molar refractivity (Wildman–Crippen MR) is 75.7 cm³/mol. The molecule has 0 atom stereocenters. The van der Waals surface area contributed by atoms with Crippen LogP contribution in [0.25, 0.3) is 11.3 Å². The number of hydrogen-bond acceptors (Lipinski definition) is 2. The first-order valence-corrected chi connectivity index (χ1v) is 6.33. The summed E-state index contributed by atoms with van der Waals surface area (Å²) in [7, 11) is 0. The highest BCUT2D eigenvalue weighted by molar-refractivity contribution is 5.58. The van der Waals surface area contributed by atoms with Crippen LogP contribution in [-0.2, 0) is 6.54 Å². The molecule has 94 valence electrons. The summed E-state index contributed by atoms with van der Waals surface area (Å²) >= 11 is 0. The van der Waals surface area contributed by atoms with Gasteiger partial charge < -0.3 is 0 Å². The molecule has 0 radical (unpaired) electrons. The topological polar surface area (TPSA) is 30.7 Å². The van der Waals surface area contributed by atoms with Crippen LogP contribution in [0.15, 0.2) is 60.8 Å². The maximum Gasteiger partial charge on any atom is 0.0889 e. The van der Waals surface area contributed by atoms with Gasteiger partial charge in [0.1, 0.15) is 0 Å². The maximum atomic E-state index is 4.20. The van der Waals surface area contributed by atoms with Gasteiger partial charge in [0.25, 0.3) is 0 Å². The second-order valence-corrected chi connectivity index (χ2v) is 4.57. The Labute approximate surface area is 112 Å². The summed E-state index contributed by atoms with van der Waals surface area (Å²) in [6, 6.07) is 18.6. The first-order valence-electron chi connectivity index (χ1n) is 6.33. The minimum atomic E-state index is 0.747. The normalized spacial score (nSPS) is 10.6. The van der Waals surface area contributed by atoms with E-state index in [2.05, 4.69) is 53.6 Å². The number of aromatic nitrogens is 3. The molecule has 0 fully saturated rings. The average Bonchev–Trinajstić information content (AvgIpc) is 2.91. The minimum absolute atomic E-state index is 0.747. The molecule has 0 N–H and O–H groups in total. The van der Waals surface area contributed by atoms with Gasteiger partial charge in [0.15, 0.2) is 0 Å². The molecule has 0 aliphatic heterocycles. The van der Waals surface area contributed by atoms with E-state index >= 15 is 0 Å². The lowest BCUT2D eigenvalue weighted by molar-refractivity contribution is 0.653. The van der Waals surface area contributed by atoms with Crippen molar-refractivity contribution in [2.75, 3.05) is 0 Å². The quantitative estimate of drug-likeness (QED) is 0.713. The number of benzene rings is 2. The van der Waals surface area contributed by atoms with E-state index in [4.69, 9.17) is 0 Å². The minimum Gasteiger partial charge on any atom is -0.240 e. The molecule has 0 saturated carbocycles. The van der Waals surface area contributed by atoms with Gasteiger partial charge in [0, 0.05) is 5.56 Å². The largest absolute Gasteiger partial charge is 0.240 e. The molecule has 1 heterocycles. The lowest BCUT2D eigenvalue weighted by Crippen LogP contribution is -2.05. The Morgan fingerprint density at radius 2 is 1.68 bits per heavy atom. The van der Waals surface area contributed by atoms with Crippen molar-refractivity contribution in [3.63, 3.8) is 0 Å². The van der Waals surface area contributed by atoms with Gasteiger partial charge in [-0.2, -0.15) is 0 Å². The van der Waals surface area contributed by atoms with Crippen molar-refractivity contribution in [1.29, 1.82) is 0 Å². The molecule has 3 aromatic rings. The van der Waals surface area contributed by atoms with Crippen LogP contribution in [0.1, 0.15) is 11.1 Å². The zero-order chi connectivity index (χ0) is 13.1. The predicted octanol–water partition coefficient (Wildman–Crippen LogP) is 3.30. The van der Waals surface area contributed by atoms with Crippen molar-refractivity contribution >= 4 is 0 Å². The average molecular weight is 249 g/mol. The molecular weight excluding hydrogens is 234 g/mol. The molecule has 0 bridgehead atoms. The van der Waals surface area contributed by atoms with Crippen LogP contribution in [0.3, 0.4) is 0 Å². The van der Waals surface area contributed by atoms with E-state index in [-0.39, 0.29) is 0 Å². The third-order valence-electron chi connectivity index (χ3n) is 3.27. The van der Waals surface area contributed by atoms with E-state index in [9.17, 15) is 0 Å². The van der Waals surface area contributed by atoms with E-state index in [1.807, 2.05) is 29.1 Å². The van der Waals surface area contributed by atoms with Gasteiger partial charge in [-0.15, -0.1) is 5.10 Å². The van der Waals surface area contributed by atoms with Gasteiger partial charge in [-0.25, -0.2) is 4.68 Å². The first-order chi connectivity index (χ1) is 9.34. The van der Waals surface area contributed by atoms with E-state index in [0.29, 0.717) is 0 Å². The van der Waals surface area contributed by atoms with E-state index in [0.717, 1.165) is 17.8 Å². The molecule has 0 aliphatic rings. The van der Waals surface area contributed by atoms with Crippen LogP contribution < -0.4 is 0 Å². The van der Waals surface area contributed by atoms with E-state index < -0.39 is 0 Å². The Kier molecular flexibility index (Phi) is 3.11. The van der Waals surface area contributed by atoms with Crippen LogP contribution in [0.4, 0.5) is 0 Å². The van der Waals surface area contributed by atoms with E-state index in [1.165, 1.54) is 11.1 Å². The Bertz CT molecular complexity index is 671. The Balaban J connectivity index is 1.96. The van der Waals surface area contributed by atoms with Crippen LogP contribution in [-0.4, -0.2) is 15.0 Å². The smallest absolute Gasteiger partial charge is 0.0889 e. The second kappa shape index (κ2) is 5.06. The van der Waals surface area contributed by atoms with Crippen molar-refractivity contribution in [1.82, 2.24) is 15.0 Å². The molecular formula is C16H15N3. The Hall–Kier alpha value is -2.42. The van der Waals surface area contributed by atoms with Gasteiger partial charge in [0.2, 0.25) is 0 Å². The molecule has 3 nitrogen and oxygen atoms in total. The summed E-state index contributed by atoms with van der Waals surface area (Å²) in [6.07, 6.45) is 1.81. The molecule has 0 unspecified atom stereocenters. The Morgan fingerprint density at radius 3 is 2.47 bits per heavy atom. The van der Waals surface area contributed by atoms with Gasteiger partial charge in [-0.05, 0) is 18.1 Å². The summed E-state index contributed by atoms with van der Waals surface area (Å²) in [5.74, 6) is 0. The van der Waals surface area contributed by atoms with E-state index in [1.54, 1.807) is 0 Å². The zero-order valence-corrected chi connectivity index (χ0v) is 10.8. The summed E-state index contributed by atoms with van der Waals surface area (Å²) in [5.41, 5.74) is 4.73. The third kappa shape index (κ3) is 2.40. The fourth-order valence-electron chi connectivity index (χ4n) is 2.16. The summed E-state index contributed by atoms with van der Waals surface area (Å²) in [5, 5.41) is 8.23. The Morgan fingerprint density at radius 1 is 0.947 bits per heavy atom. The van der Waals surface area contributed by atoms with Gasteiger partial charge in [-0.3, -0.25) is 0 Å². The molecule has 0 saturated heterocycles. The van der Waals surface area contributed by atoms with Crippen molar-refractivity contribution in [2.24, 2.45) is 0 Å². The number of nitrogens with zero attached hydrogens (tertiary/aromatic N) is 3. The van der Waals surface area contributed by atoms with Crippen LogP contribution in [0.5, 0.6) is 0 Å². The lowest BCUT2D eigenvalue weighted by Gasteiger charge is -2.08. The molecule has 1 aromatic heterocycles. The molecule has 2 aromatic carbocycles. The molecule has 0 amide bonds. The van der Waals surface area contributed by atoms with Gasteiger partial charge >= 0.3 is 0 Å². The van der Waals surface area contributed by atoms with Crippen molar-refractivity contribution in [2.45, 2.75) is 13.5 Å². The molecule has 0 aliphatic carbocycles. The first kappa shape index (κ1) is 11.7. The van der Waals surface area contributed by atoms with Crippen molar-refractivity contribution in [3.8, 4) is 11.3 Å². The summed E-state index contributed by atoms with van der Waals surface area (Å²) in [4.78, 5) is 0. The highest BCUT2D eigenvalue weighted by Gasteiger charge is 2.07. The summed E-state index contributed by atoms with van der Waals surface area (Å²) < 4.78 is 1.94. The fraction of sp³-hybridized carbons (Fsp3) is 0.125. The number of hydrogen-bond donors (Lipinski definition) is 0. The monoisotopic (exact) mass is 249 g/mol. The van der Waals surface area contributed by atoms with Crippen LogP contribution in [0, 0.1) is 6.92 Å². The van der Waals surface area contributed by atoms with Gasteiger partial charge in [-0.1, -0.05) is 59.8 Å². The highest BCUT2D eigenvalue weighted by atomic mass is 15.4. The molecule has 3 heteroatoms. The molecule has 0 spiro atoms. The molecule has 19 heavy (non-hydrogen) atoms. The SMILES string of the molecule is Cc1ccccc1Cn1nncc1-c1ccccc1. The standard InChI is InChI=1S/C16H15N3/c1-13-7-5-6-10-15(13)12-19-16(11-17-18-19)14-8-3-2-4-9-14/h2-11H,12H2,1H3. The lowest BCUT2D eigenvalue weighted by atomic mass is 10.1. The second-order valence-electron chi connectivity index (χ2n) is 4.57. The van der Waals surface area contributed by atoms with Gasteiger partial charge in [0.05, 0.1) is 18.4 Å². The van der Waals surface area contributed by atoms with Crippen LogP contribution in [0.2, 0.25) is 0 Å². The maximum absolute atomic E-state index is 4.20. The summed E-state index contributed by atoms with van der Waals surface area (Å²) in [6.45, 7) is 2.87. The zero-order valence-electron chi connectivity index (χ0n) is 10.8.